The minimum absolute atomic E-state index is 0.0759. The number of ether oxygens (including phenoxy) is 1. The van der Waals surface area contributed by atoms with E-state index in [0.29, 0.717) is 41.7 Å². The van der Waals surface area contributed by atoms with Crippen LogP contribution in [0.15, 0.2) is 60.0 Å². The first-order valence-corrected chi connectivity index (χ1v) is 13.2. The summed E-state index contributed by atoms with van der Waals surface area (Å²) >= 11 is 1.27. The average Bonchev–Trinajstić information content (AvgIpc) is 3.54. The number of hydrogen-bond donors (Lipinski definition) is 1. The molecule has 10 heteroatoms. The standard InChI is InChI=1S/C27H27N5O4S/c1-17-25(37-27-29-18-7-2-3-9-20(18)32(17)27)23(33)21-22(19-8-4-5-10-28-19)31(26(35)24(21)34)12-6-11-30-13-15-36-16-14-30/h2-5,7-10,22,34H,6,11-16H2,1H3. The number of nitrogens with zero attached hydrogens (tertiary/aromatic N) is 5. The monoisotopic (exact) mass is 517 g/mol. The van der Waals surface area contributed by atoms with Gasteiger partial charge in [-0.1, -0.05) is 29.5 Å². The van der Waals surface area contributed by atoms with E-state index in [0.717, 1.165) is 36.4 Å². The van der Waals surface area contributed by atoms with Crippen LogP contribution in [0.1, 0.15) is 33.5 Å². The van der Waals surface area contributed by atoms with Gasteiger partial charge in [0.25, 0.3) is 5.91 Å². The molecule has 0 radical (unpaired) electrons. The second-order valence-electron chi connectivity index (χ2n) is 9.29. The quantitative estimate of drug-likeness (QED) is 0.374. The summed E-state index contributed by atoms with van der Waals surface area (Å²) in [6, 6.07) is 12.4. The molecule has 1 N–H and O–H groups in total. The van der Waals surface area contributed by atoms with Crippen LogP contribution in [0.2, 0.25) is 0 Å². The molecule has 2 aliphatic rings. The zero-order valence-corrected chi connectivity index (χ0v) is 21.3. The number of pyridine rings is 1. The van der Waals surface area contributed by atoms with E-state index in [9.17, 15) is 14.7 Å². The van der Waals surface area contributed by atoms with Gasteiger partial charge in [-0.15, -0.1) is 0 Å². The number of amides is 1. The van der Waals surface area contributed by atoms with Crippen LogP contribution >= 0.6 is 11.3 Å². The molecule has 9 nitrogen and oxygen atoms in total. The number of Topliss-reactive ketones (excluding diaryl/α,β-unsaturated/α-hetero) is 1. The van der Waals surface area contributed by atoms with Crippen LogP contribution in [0.3, 0.4) is 0 Å². The van der Waals surface area contributed by atoms with Gasteiger partial charge in [0.2, 0.25) is 5.78 Å². The summed E-state index contributed by atoms with van der Waals surface area (Å²) in [7, 11) is 0. The summed E-state index contributed by atoms with van der Waals surface area (Å²) in [5.74, 6) is -1.40. The second kappa shape index (κ2) is 9.70. The van der Waals surface area contributed by atoms with Crippen LogP contribution in [-0.4, -0.2) is 80.4 Å². The zero-order valence-electron chi connectivity index (χ0n) is 20.5. The third-order valence-electron chi connectivity index (χ3n) is 7.09. The maximum absolute atomic E-state index is 14.0. The molecule has 1 saturated heterocycles. The van der Waals surface area contributed by atoms with Crippen molar-refractivity contribution in [2.75, 3.05) is 39.4 Å². The Bertz CT molecular complexity index is 1520. The van der Waals surface area contributed by atoms with Crippen LogP contribution in [0.4, 0.5) is 0 Å². The number of hydrogen-bond acceptors (Lipinski definition) is 8. The topological polar surface area (TPSA) is 100 Å². The van der Waals surface area contributed by atoms with Crippen molar-refractivity contribution in [3.8, 4) is 0 Å². The smallest absolute Gasteiger partial charge is 0.290 e. The van der Waals surface area contributed by atoms with Gasteiger partial charge in [0.15, 0.2) is 10.7 Å². The largest absolute Gasteiger partial charge is 0.503 e. The molecule has 190 valence electrons. The van der Waals surface area contributed by atoms with Gasteiger partial charge in [-0.2, -0.15) is 0 Å². The molecular weight excluding hydrogens is 490 g/mol. The number of thiazole rings is 1. The molecule has 0 saturated carbocycles. The van der Waals surface area contributed by atoms with Crippen LogP contribution < -0.4 is 0 Å². The number of aromatic nitrogens is 3. The number of aliphatic hydroxyl groups is 1. The van der Waals surface area contributed by atoms with E-state index in [1.807, 2.05) is 41.7 Å². The fraction of sp³-hybridized carbons (Fsp3) is 0.333. The number of aryl methyl sites for hydroxylation is 1. The highest BCUT2D eigenvalue weighted by Gasteiger charge is 2.45. The number of carbonyl (C=O) groups is 2. The molecule has 1 unspecified atom stereocenters. The van der Waals surface area contributed by atoms with E-state index in [1.165, 1.54) is 11.3 Å². The van der Waals surface area contributed by atoms with Crippen molar-refractivity contribution >= 4 is 39.0 Å². The van der Waals surface area contributed by atoms with Crippen molar-refractivity contribution in [3.63, 3.8) is 0 Å². The van der Waals surface area contributed by atoms with Gasteiger partial charge in [0.1, 0.15) is 6.04 Å². The first-order valence-electron chi connectivity index (χ1n) is 12.4. The number of rotatable bonds is 7. The summed E-state index contributed by atoms with van der Waals surface area (Å²) in [5, 5.41) is 11.0. The van der Waals surface area contributed by atoms with Crippen molar-refractivity contribution in [1.29, 1.82) is 0 Å². The molecule has 37 heavy (non-hydrogen) atoms. The minimum atomic E-state index is -0.753. The zero-order chi connectivity index (χ0) is 25.5. The lowest BCUT2D eigenvalue weighted by Gasteiger charge is -2.29. The number of para-hydroxylation sites is 2. The normalized spacial score (nSPS) is 19.0. The van der Waals surface area contributed by atoms with Gasteiger partial charge < -0.3 is 14.7 Å². The third kappa shape index (κ3) is 4.11. The summed E-state index contributed by atoms with van der Waals surface area (Å²) in [6.45, 7) is 6.21. The van der Waals surface area contributed by atoms with Crippen molar-refractivity contribution in [3.05, 3.63) is 76.3 Å². The Morgan fingerprint density at radius 3 is 2.70 bits per heavy atom. The average molecular weight is 518 g/mol. The molecule has 0 aliphatic carbocycles. The van der Waals surface area contributed by atoms with Gasteiger partial charge in [-0.25, -0.2) is 4.98 Å². The van der Waals surface area contributed by atoms with Crippen LogP contribution in [0, 0.1) is 6.92 Å². The number of aliphatic hydroxyl groups excluding tert-OH is 1. The second-order valence-corrected chi connectivity index (χ2v) is 10.3. The van der Waals surface area contributed by atoms with Crippen molar-refractivity contribution < 1.29 is 19.4 Å². The lowest BCUT2D eigenvalue weighted by atomic mass is 9.98. The summed E-state index contributed by atoms with van der Waals surface area (Å²) in [4.78, 5) is 41.5. The van der Waals surface area contributed by atoms with Gasteiger partial charge in [0, 0.05) is 38.1 Å². The van der Waals surface area contributed by atoms with Crippen molar-refractivity contribution in [1.82, 2.24) is 24.2 Å². The van der Waals surface area contributed by atoms with Gasteiger partial charge in [-0.3, -0.25) is 23.9 Å². The summed E-state index contributed by atoms with van der Waals surface area (Å²) in [5.41, 5.74) is 3.13. The number of morpholine rings is 1. The lowest BCUT2D eigenvalue weighted by molar-refractivity contribution is -0.129. The Balaban J connectivity index is 1.34. The first-order chi connectivity index (χ1) is 18.0. The molecule has 2 aliphatic heterocycles. The Hall–Kier alpha value is -3.60. The predicted molar refractivity (Wildman–Crippen MR) is 140 cm³/mol. The van der Waals surface area contributed by atoms with Gasteiger partial charge >= 0.3 is 0 Å². The third-order valence-corrected chi connectivity index (χ3v) is 8.23. The highest BCUT2D eigenvalue weighted by atomic mass is 32.1. The minimum Gasteiger partial charge on any atom is -0.503 e. The fourth-order valence-corrected chi connectivity index (χ4v) is 6.34. The number of benzene rings is 1. The molecule has 1 aromatic carbocycles. The van der Waals surface area contributed by atoms with Gasteiger partial charge in [-0.05, 0) is 37.6 Å². The summed E-state index contributed by atoms with van der Waals surface area (Å²) < 4.78 is 7.38. The number of carbonyl (C=O) groups excluding carboxylic acids is 2. The Kier molecular flexibility index (Phi) is 6.23. The predicted octanol–water partition coefficient (Wildman–Crippen LogP) is 3.55. The van der Waals surface area contributed by atoms with Gasteiger partial charge in [0.05, 0.1) is 40.4 Å². The molecule has 0 spiro atoms. The van der Waals surface area contributed by atoms with Crippen molar-refractivity contribution in [2.45, 2.75) is 19.4 Å². The molecule has 5 heterocycles. The highest BCUT2D eigenvalue weighted by Crippen LogP contribution is 2.40. The molecule has 3 aromatic heterocycles. The van der Waals surface area contributed by atoms with E-state index in [-0.39, 0.29) is 11.4 Å². The van der Waals surface area contributed by atoms with Crippen LogP contribution in [-0.2, 0) is 9.53 Å². The van der Waals surface area contributed by atoms with Crippen LogP contribution in [0.5, 0.6) is 0 Å². The number of fused-ring (bicyclic) bond motifs is 3. The number of imidazole rings is 1. The molecule has 1 atom stereocenters. The fourth-order valence-electron chi connectivity index (χ4n) is 5.25. The van der Waals surface area contributed by atoms with E-state index >= 15 is 0 Å². The molecule has 1 fully saturated rings. The molecule has 0 bridgehead atoms. The molecule has 1 amide bonds. The Morgan fingerprint density at radius 1 is 1.14 bits per heavy atom. The van der Waals surface area contributed by atoms with E-state index < -0.39 is 17.7 Å². The Morgan fingerprint density at radius 2 is 1.92 bits per heavy atom. The number of ketones is 1. The van der Waals surface area contributed by atoms with E-state index in [1.54, 1.807) is 23.2 Å². The van der Waals surface area contributed by atoms with Crippen LogP contribution in [0.25, 0.3) is 16.0 Å². The lowest BCUT2D eigenvalue weighted by Crippen LogP contribution is -2.39. The highest BCUT2D eigenvalue weighted by molar-refractivity contribution is 7.19. The summed E-state index contributed by atoms with van der Waals surface area (Å²) in [6.07, 6.45) is 2.35. The molecule has 6 rings (SSSR count). The molecule has 4 aromatic rings. The Labute approximate surface area is 217 Å². The molecular formula is C27H27N5O4S. The maximum atomic E-state index is 14.0. The maximum Gasteiger partial charge on any atom is 0.290 e. The SMILES string of the molecule is Cc1c(C(=O)C2=C(O)C(=O)N(CCCN3CCOCC3)C2c2ccccn2)sc2nc3ccccc3n12. The van der Waals surface area contributed by atoms with E-state index in [2.05, 4.69) is 14.9 Å². The van der Waals surface area contributed by atoms with E-state index in [4.69, 9.17) is 4.74 Å². The first kappa shape index (κ1) is 23.8. The van der Waals surface area contributed by atoms with Crippen molar-refractivity contribution in [2.24, 2.45) is 0 Å².